The van der Waals surface area contributed by atoms with Gasteiger partial charge in [-0.1, -0.05) is 18.6 Å². The molecule has 3 rings (SSSR count). The third-order valence-electron chi connectivity index (χ3n) is 6.17. The van der Waals surface area contributed by atoms with Gasteiger partial charge in [0.2, 0.25) is 0 Å². The Morgan fingerprint density at radius 1 is 1.11 bits per heavy atom. The van der Waals surface area contributed by atoms with Crippen LogP contribution in [-0.2, 0) is 0 Å². The third-order valence-corrected chi connectivity index (χ3v) is 6.17. The zero-order chi connectivity index (χ0) is 28.2. The highest BCUT2D eigenvalue weighted by Gasteiger charge is 2.30. The lowest BCUT2D eigenvalue weighted by Gasteiger charge is -2.18. The summed E-state index contributed by atoms with van der Waals surface area (Å²) in [4.78, 5) is 21.9. The molecule has 204 valence electrons. The summed E-state index contributed by atoms with van der Waals surface area (Å²) in [6.45, 7) is 8.82. The van der Waals surface area contributed by atoms with E-state index < -0.39 is 18.6 Å². The smallest absolute Gasteiger partial charge is 0.405 e. The molecule has 0 saturated heterocycles. The Kier molecular flexibility index (Phi) is 8.85. The molecule has 0 aliphatic heterocycles. The fourth-order valence-electron chi connectivity index (χ4n) is 4.22. The number of fused-ring (bicyclic) bond motifs is 1. The molecule has 2 atom stereocenters. The van der Waals surface area contributed by atoms with E-state index in [1.807, 2.05) is 44.3 Å². The fraction of sp³-hybridized carbons (Fsp3) is 0.393. The summed E-state index contributed by atoms with van der Waals surface area (Å²) in [6, 6.07) is 9.19. The van der Waals surface area contributed by atoms with E-state index in [-0.39, 0.29) is 29.0 Å². The van der Waals surface area contributed by atoms with Gasteiger partial charge in [-0.3, -0.25) is 14.4 Å². The van der Waals surface area contributed by atoms with Gasteiger partial charge in [0.15, 0.2) is 0 Å². The van der Waals surface area contributed by atoms with Gasteiger partial charge in [0.25, 0.3) is 5.91 Å². The van der Waals surface area contributed by atoms with Crippen molar-refractivity contribution in [3.8, 4) is 17.2 Å². The van der Waals surface area contributed by atoms with Gasteiger partial charge in [-0.25, -0.2) is 4.98 Å². The quantitative estimate of drug-likeness (QED) is 0.332. The Morgan fingerprint density at radius 3 is 2.29 bits per heavy atom. The summed E-state index contributed by atoms with van der Waals surface area (Å²) in [5.41, 5.74) is 5.28. The number of hydrogen-bond donors (Lipinski definition) is 1. The fourth-order valence-corrected chi connectivity index (χ4v) is 4.22. The summed E-state index contributed by atoms with van der Waals surface area (Å²) < 4.78 is 50.4. The van der Waals surface area contributed by atoms with Crippen molar-refractivity contribution in [1.29, 1.82) is 0 Å². The minimum absolute atomic E-state index is 0.0645. The second-order valence-electron chi connectivity index (χ2n) is 9.41. The molecule has 0 aliphatic rings. The zero-order valence-electron chi connectivity index (χ0n) is 22.6. The van der Waals surface area contributed by atoms with Crippen molar-refractivity contribution in [3.05, 3.63) is 59.4 Å². The average molecular weight is 531 g/mol. The lowest BCUT2D eigenvalue weighted by Crippen LogP contribution is -2.34. The van der Waals surface area contributed by atoms with Crippen LogP contribution in [0.2, 0.25) is 0 Å². The van der Waals surface area contributed by atoms with Crippen LogP contribution in [0.15, 0.2) is 53.3 Å². The van der Waals surface area contributed by atoms with Crippen molar-refractivity contribution in [1.82, 2.24) is 14.9 Å². The zero-order valence-corrected chi connectivity index (χ0v) is 22.6. The first-order chi connectivity index (χ1) is 17.8. The van der Waals surface area contributed by atoms with Crippen LogP contribution in [0.1, 0.15) is 56.5 Å². The van der Waals surface area contributed by atoms with Gasteiger partial charge >= 0.3 is 6.18 Å². The number of imidazole rings is 1. The van der Waals surface area contributed by atoms with E-state index in [0.29, 0.717) is 5.69 Å². The van der Waals surface area contributed by atoms with Crippen LogP contribution in [0.3, 0.4) is 0 Å². The Morgan fingerprint density at radius 2 is 1.74 bits per heavy atom. The SMILES string of the molecule is COc1cc(-n2cnc3cc(C(C)C(C)N=C(C)C=C(C)C)ccc32)cc(OC)c1C(=O)NCC(F)(F)F. The predicted octanol–water partition coefficient (Wildman–Crippen LogP) is 6.25. The van der Waals surface area contributed by atoms with Crippen molar-refractivity contribution in [2.75, 3.05) is 20.8 Å². The standard InChI is InChI=1S/C28H33F3N4O3/c1-16(2)10-17(3)34-19(5)18(4)20-8-9-23-22(11-20)33-15-35(23)21-12-24(37-6)26(25(13-21)38-7)27(36)32-14-28(29,30)31/h8-13,15,18-19H,14H2,1-7H3,(H,32,36). The molecule has 1 amide bonds. The van der Waals surface area contributed by atoms with E-state index in [2.05, 4.69) is 24.9 Å². The molecule has 10 heteroatoms. The Bertz CT molecular complexity index is 1350. The molecule has 1 N–H and O–H groups in total. The number of aliphatic imine (C=N–C) groups is 1. The summed E-state index contributed by atoms with van der Waals surface area (Å²) in [7, 11) is 2.67. The van der Waals surface area contributed by atoms with Gasteiger partial charge in [0.1, 0.15) is 29.9 Å². The van der Waals surface area contributed by atoms with Crippen molar-refractivity contribution >= 4 is 22.7 Å². The number of amides is 1. The van der Waals surface area contributed by atoms with Crippen LogP contribution >= 0.6 is 0 Å². The van der Waals surface area contributed by atoms with Crippen LogP contribution in [0.5, 0.6) is 11.5 Å². The normalized spacial score (nSPS) is 13.7. The van der Waals surface area contributed by atoms with Crippen molar-refractivity contribution in [3.63, 3.8) is 0 Å². The number of halogens is 3. The van der Waals surface area contributed by atoms with Crippen LogP contribution in [0.4, 0.5) is 13.2 Å². The van der Waals surface area contributed by atoms with Crippen molar-refractivity contribution in [2.45, 2.75) is 52.8 Å². The van der Waals surface area contributed by atoms with Gasteiger partial charge in [0.05, 0.1) is 37.0 Å². The number of aromatic nitrogens is 2. The maximum Gasteiger partial charge on any atom is 0.405 e. The number of hydrogen-bond acceptors (Lipinski definition) is 5. The Hall–Kier alpha value is -3.82. The van der Waals surface area contributed by atoms with E-state index >= 15 is 0 Å². The van der Waals surface area contributed by atoms with E-state index in [0.717, 1.165) is 22.3 Å². The number of nitrogens with zero attached hydrogens (tertiary/aromatic N) is 3. The minimum Gasteiger partial charge on any atom is -0.496 e. The maximum atomic E-state index is 12.6. The molecule has 0 bridgehead atoms. The predicted molar refractivity (Wildman–Crippen MR) is 143 cm³/mol. The van der Waals surface area contributed by atoms with Crippen LogP contribution in [0.25, 0.3) is 16.7 Å². The molecule has 1 aromatic heterocycles. The lowest BCUT2D eigenvalue weighted by molar-refractivity contribution is -0.123. The highest BCUT2D eigenvalue weighted by molar-refractivity contribution is 6.00. The number of carbonyl (C=O) groups excluding carboxylic acids is 1. The first-order valence-electron chi connectivity index (χ1n) is 12.1. The molecule has 3 aromatic rings. The van der Waals surface area contributed by atoms with E-state index in [4.69, 9.17) is 14.5 Å². The highest BCUT2D eigenvalue weighted by Crippen LogP contribution is 2.34. The molecule has 1 heterocycles. The van der Waals surface area contributed by atoms with Crippen LogP contribution < -0.4 is 14.8 Å². The average Bonchev–Trinajstić information content (AvgIpc) is 3.28. The molecule has 2 aromatic carbocycles. The first kappa shape index (κ1) is 28.7. The lowest BCUT2D eigenvalue weighted by atomic mass is 9.94. The summed E-state index contributed by atoms with van der Waals surface area (Å²) >= 11 is 0. The number of rotatable bonds is 9. The largest absolute Gasteiger partial charge is 0.496 e. The number of ether oxygens (including phenoxy) is 2. The second kappa shape index (κ2) is 11.7. The van der Waals surface area contributed by atoms with Gasteiger partial charge in [-0.05, 0) is 51.5 Å². The van der Waals surface area contributed by atoms with Crippen LogP contribution in [0, 0.1) is 0 Å². The van der Waals surface area contributed by atoms with E-state index in [1.165, 1.54) is 19.8 Å². The number of alkyl halides is 3. The van der Waals surface area contributed by atoms with Crippen molar-refractivity contribution < 1.29 is 27.4 Å². The topological polar surface area (TPSA) is 77.7 Å². The summed E-state index contributed by atoms with van der Waals surface area (Å²) in [6.07, 6.45) is -0.851. The monoisotopic (exact) mass is 530 g/mol. The third kappa shape index (κ3) is 6.73. The number of nitrogens with one attached hydrogen (secondary N) is 1. The molecule has 0 saturated carbocycles. The first-order valence-corrected chi connectivity index (χ1v) is 12.1. The highest BCUT2D eigenvalue weighted by atomic mass is 19.4. The molecule has 2 unspecified atom stereocenters. The number of benzene rings is 2. The Balaban J connectivity index is 1.96. The molecule has 0 spiro atoms. The molecular formula is C28H33F3N4O3. The van der Waals surface area contributed by atoms with Gasteiger partial charge in [0, 0.05) is 23.8 Å². The van der Waals surface area contributed by atoms with Crippen LogP contribution in [-0.4, -0.2) is 54.2 Å². The van der Waals surface area contributed by atoms with Gasteiger partial charge in [-0.15, -0.1) is 0 Å². The molecule has 38 heavy (non-hydrogen) atoms. The summed E-state index contributed by atoms with van der Waals surface area (Å²) in [5, 5.41) is 1.86. The summed E-state index contributed by atoms with van der Waals surface area (Å²) in [5.74, 6) is -0.651. The second-order valence-corrected chi connectivity index (χ2v) is 9.41. The minimum atomic E-state index is -4.54. The van der Waals surface area contributed by atoms with Gasteiger partial charge in [-0.2, -0.15) is 13.2 Å². The molecule has 0 fully saturated rings. The van der Waals surface area contributed by atoms with Gasteiger partial charge < -0.3 is 14.8 Å². The van der Waals surface area contributed by atoms with E-state index in [1.54, 1.807) is 23.0 Å². The van der Waals surface area contributed by atoms with E-state index in [9.17, 15) is 18.0 Å². The number of methoxy groups -OCH3 is 2. The van der Waals surface area contributed by atoms with Crippen molar-refractivity contribution in [2.24, 2.45) is 4.99 Å². The maximum absolute atomic E-state index is 12.6. The molecule has 7 nitrogen and oxygen atoms in total. The number of allylic oxidation sites excluding steroid dienone is 2. The molecular weight excluding hydrogens is 497 g/mol. The Labute approximate surface area is 220 Å². The molecule has 0 aliphatic carbocycles. The number of carbonyl (C=O) groups is 1. The molecule has 0 radical (unpaired) electrons.